The van der Waals surface area contributed by atoms with Crippen molar-refractivity contribution >= 4 is 15.9 Å². The van der Waals surface area contributed by atoms with Gasteiger partial charge in [-0.2, -0.15) is 5.10 Å². The Morgan fingerprint density at radius 3 is 3.25 bits per heavy atom. The molecule has 1 aliphatic rings. The zero-order chi connectivity index (χ0) is 8.55. The number of rotatable bonds is 1. The summed E-state index contributed by atoms with van der Waals surface area (Å²) in [7, 11) is 0. The molecule has 1 unspecified atom stereocenters. The number of aromatic amines is 1. The van der Waals surface area contributed by atoms with E-state index < -0.39 is 0 Å². The van der Waals surface area contributed by atoms with Crippen molar-refractivity contribution in [3.8, 4) is 0 Å². The van der Waals surface area contributed by atoms with E-state index in [1.807, 2.05) is 0 Å². The summed E-state index contributed by atoms with van der Waals surface area (Å²) in [6, 6.07) is 0. The second-order valence-corrected chi connectivity index (χ2v) is 3.98. The van der Waals surface area contributed by atoms with Crippen molar-refractivity contribution in [2.75, 3.05) is 6.54 Å². The Morgan fingerprint density at radius 1 is 1.67 bits per heavy atom. The van der Waals surface area contributed by atoms with Crippen molar-refractivity contribution in [2.24, 2.45) is 5.73 Å². The minimum Gasteiger partial charge on any atom is -0.330 e. The summed E-state index contributed by atoms with van der Waals surface area (Å²) in [6.45, 7) is 0.724. The summed E-state index contributed by atoms with van der Waals surface area (Å²) in [5.41, 5.74) is 8.24. The minimum atomic E-state index is 0.493. The van der Waals surface area contributed by atoms with E-state index in [2.05, 4.69) is 26.1 Å². The van der Waals surface area contributed by atoms with Gasteiger partial charge in [0, 0.05) is 23.7 Å². The van der Waals surface area contributed by atoms with Gasteiger partial charge >= 0.3 is 0 Å². The number of hydrogen-bond acceptors (Lipinski definition) is 2. The molecule has 1 heterocycles. The molecule has 0 aromatic carbocycles. The first kappa shape index (κ1) is 8.26. The number of H-pyrrole nitrogens is 1. The SMILES string of the molecule is NCC1CCCc2c(Br)n[nH]c21. The highest BCUT2D eigenvalue weighted by Crippen LogP contribution is 2.32. The molecule has 1 atom stereocenters. The van der Waals surface area contributed by atoms with Crippen LogP contribution in [-0.4, -0.2) is 16.7 Å². The third-order valence-corrected chi connectivity index (χ3v) is 3.18. The van der Waals surface area contributed by atoms with Crippen LogP contribution in [0.25, 0.3) is 0 Å². The Labute approximate surface area is 79.9 Å². The second kappa shape index (κ2) is 3.18. The van der Waals surface area contributed by atoms with Crippen molar-refractivity contribution in [1.29, 1.82) is 0 Å². The lowest BCUT2D eigenvalue weighted by Gasteiger charge is -2.19. The molecule has 12 heavy (non-hydrogen) atoms. The van der Waals surface area contributed by atoms with E-state index in [1.165, 1.54) is 24.1 Å². The first-order valence-corrected chi connectivity index (χ1v) is 5.05. The Hall–Kier alpha value is -0.350. The average molecular weight is 230 g/mol. The molecule has 4 heteroatoms. The van der Waals surface area contributed by atoms with E-state index in [0.29, 0.717) is 5.92 Å². The molecule has 3 N–H and O–H groups in total. The van der Waals surface area contributed by atoms with Gasteiger partial charge in [0.05, 0.1) is 0 Å². The lowest BCUT2D eigenvalue weighted by atomic mass is 9.88. The maximum absolute atomic E-state index is 5.66. The predicted molar refractivity (Wildman–Crippen MR) is 51.0 cm³/mol. The molecule has 2 rings (SSSR count). The van der Waals surface area contributed by atoms with Crippen LogP contribution in [-0.2, 0) is 6.42 Å². The molecular formula is C8H12BrN3. The van der Waals surface area contributed by atoms with E-state index in [-0.39, 0.29) is 0 Å². The summed E-state index contributed by atoms with van der Waals surface area (Å²) in [4.78, 5) is 0. The van der Waals surface area contributed by atoms with Crippen LogP contribution in [0.5, 0.6) is 0 Å². The quantitative estimate of drug-likeness (QED) is 0.768. The van der Waals surface area contributed by atoms with Crippen LogP contribution >= 0.6 is 15.9 Å². The molecule has 66 valence electrons. The summed E-state index contributed by atoms with van der Waals surface area (Å²) >= 11 is 3.43. The van der Waals surface area contributed by atoms with E-state index in [1.54, 1.807) is 0 Å². The normalized spacial score (nSPS) is 22.3. The van der Waals surface area contributed by atoms with E-state index in [4.69, 9.17) is 5.73 Å². The topological polar surface area (TPSA) is 54.7 Å². The van der Waals surface area contributed by atoms with Gasteiger partial charge in [-0.05, 0) is 35.2 Å². The first-order valence-electron chi connectivity index (χ1n) is 4.25. The maximum atomic E-state index is 5.66. The Balaban J connectivity index is 2.38. The van der Waals surface area contributed by atoms with Gasteiger partial charge in [-0.15, -0.1) is 0 Å². The van der Waals surface area contributed by atoms with Crippen LogP contribution in [0.4, 0.5) is 0 Å². The Bertz CT molecular complexity index is 282. The number of nitrogens with two attached hydrogens (primary N) is 1. The highest BCUT2D eigenvalue weighted by Gasteiger charge is 2.23. The van der Waals surface area contributed by atoms with Crippen LogP contribution in [0.3, 0.4) is 0 Å². The minimum absolute atomic E-state index is 0.493. The summed E-state index contributed by atoms with van der Waals surface area (Å²) in [6.07, 6.45) is 3.55. The monoisotopic (exact) mass is 229 g/mol. The molecular weight excluding hydrogens is 218 g/mol. The Morgan fingerprint density at radius 2 is 2.50 bits per heavy atom. The zero-order valence-electron chi connectivity index (χ0n) is 6.81. The van der Waals surface area contributed by atoms with Gasteiger partial charge < -0.3 is 5.73 Å². The van der Waals surface area contributed by atoms with E-state index in [0.717, 1.165) is 17.6 Å². The molecule has 0 amide bonds. The van der Waals surface area contributed by atoms with Crippen LogP contribution < -0.4 is 5.73 Å². The summed E-state index contributed by atoms with van der Waals surface area (Å²) in [5.74, 6) is 0.493. The molecule has 0 spiro atoms. The third kappa shape index (κ3) is 1.19. The molecule has 0 aliphatic heterocycles. The van der Waals surface area contributed by atoms with Crippen molar-refractivity contribution in [2.45, 2.75) is 25.2 Å². The number of fused-ring (bicyclic) bond motifs is 1. The standard InChI is InChI=1S/C8H12BrN3/c9-8-6-3-1-2-5(4-10)7(6)11-12-8/h5H,1-4,10H2,(H,11,12). The van der Waals surface area contributed by atoms with Crippen molar-refractivity contribution < 1.29 is 0 Å². The fraction of sp³-hybridized carbons (Fsp3) is 0.625. The molecule has 1 aliphatic carbocycles. The molecule has 1 aromatic rings. The highest BCUT2D eigenvalue weighted by atomic mass is 79.9. The molecule has 3 nitrogen and oxygen atoms in total. The van der Waals surface area contributed by atoms with Gasteiger partial charge in [0.15, 0.2) is 0 Å². The smallest absolute Gasteiger partial charge is 0.131 e. The van der Waals surface area contributed by atoms with E-state index >= 15 is 0 Å². The van der Waals surface area contributed by atoms with Crippen molar-refractivity contribution in [3.63, 3.8) is 0 Å². The van der Waals surface area contributed by atoms with E-state index in [9.17, 15) is 0 Å². The first-order chi connectivity index (χ1) is 5.83. The van der Waals surface area contributed by atoms with Gasteiger partial charge in [0.2, 0.25) is 0 Å². The number of aromatic nitrogens is 2. The average Bonchev–Trinajstić information content (AvgIpc) is 2.48. The summed E-state index contributed by atoms with van der Waals surface area (Å²) in [5, 5.41) is 7.18. The van der Waals surface area contributed by atoms with Crippen molar-refractivity contribution in [3.05, 3.63) is 15.9 Å². The maximum Gasteiger partial charge on any atom is 0.131 e. The molecule has 0 saturated carbocycles. The highest BCUT2D eigenvalue weighted by molar-refractivity contribution is 9.10. The number of hydrogen-bond donors (Lipinski definition) is 2. The van der Waals surface area contributed by atoms with Crippen LogP contribution in [0.1, 0.15) is 30.0 Å². The van der Waals surface area contributed by atoms with Gasteiger partial charge in [0.25, 0.3) is 0 Å². The van der Waals surface area contributed by atoms with Crippen LogP contribution in [0, 0.1) is 0 Å². The summed E-state index contributed by atoms with van der Waals surface area (Å²) < 4.78 is 0.968. The van der Waals surface area contributed by atoms with Crippen LogP contribution in [0.2, 0.25) is 0 Å². The third-order valence-electron chi connectivity index (χ3n) is 2.52. The van der Waals surface area contributed by atoms with Gasteiger partial charge in [-0.1, -0.05) is 0 Å². The molecule has 0 radical (unpaired) electrons. The van der Waals surface area contributed by atoms with Gasteiger partial charge in [0.1, 0.15) is 4.60 Å². The van der Waals surface area contributed by atoms with Gasteiger partial charge in [-0.3, -0.25) is 5.10 Å². The van der Waals surface area contributed by atoms with Gasteiger partial charge in [-0.25, -0.2) is 0 Å². The van der Waals surface area contributed by atoms with Crippen LogP contribution in [0.15, 0.2) is 4.60 Å². The van der Waals surface area contributed by atoms with Crippen molar-refractivity contribution in [1.82, 2.24) is 10.2 Å². The largest absolute Gasteiger partial charge is 0.330 e. The molecule has 1 aromatic heterocycles. The fourth-order valence-corrected chi connectivity index (χ4v) is 2.34. The molecule has 0 bridgehead atoms. The Kier molecular flexibility index (Phi) is 2.19. The number of nitrogens with zero attached hydrogens (tertiary/aromatic N) is 1. The second-order valence-electron chi connectivity index (χ2n) is 3.23. The zero-order valence-corrected chi connectivity index (χ0v) is 8.39. The number of halogens is 1. The fourth-order valence-electron chi connectivity index (χ4n) is 1.84. The lowest BCUT2D eigenvalue weighted by molar-refractivity contribution is 0.548. The lowest BCUT2D eigenvalue weighted by Crippen LogP contribution is -2.17. The predicted octanol–water partition coefficient (Wildman–Crippen LogP) is 1.55. The molecule has 0 saturated heterocycles. The molecule has 0 fully saturated rings. The number of nitrogens with one attached hydrogen (secondary N) is 1.